The third-order valence-electron chi connectivity index (χ3n) is 4.85. The predicted octanol–water partition coefficient (Wildman–Crippen LogP) is 2.30. The van der Waals surface area contributed by atoms with Crippen molar-refractivity contribution < 1.29 is 8.42 Å². The number of nitrogens with one attached hydrogen (secondary N) is 2. The number of hydrogen-bond acceptors (Lipinski definition) is 5. The number of fused-ring (bicyclic) bond motifs is 1. The number of nitrogens with zero attached hydrogens (tertiary/aromatic N) is 1. The normalized spacial score (nSPS) is 19.8. The minimum absolute atomic E-state index is 0.0186. The lowest BCUT2D eigenvalue weighted by atomic mass is 9.99. The van der Waals surface area contributed by atoms with E-state index < -0.39 is 10.0 Å². The molecule has 2 aromatic carbocycles. The summed E-state index contributed by atoms with van der Waals surface area (Å²) in [7, 11) is -3.68. The van der Waals surface area contributed by atoms with Crippen molar-refractivity contribution in [2.24, 2.45) is 0 Å². The summed E-state index contributed by atoms with van der Waals surface area (Å²) in [6.07, 6.45) is 3.28. The topological polar surface area (TPSA) is 87.5 Å². The van der Waals surface area contributed by atoms with E-state index in [9.17, 15) is 8.42 Å². The summed E-state index contributed by atoms with van der Waals surface area (Å²) in [5, 5.41) is 3.49. The fraction of sp³-hybridized carbons (Fsp3) is 0.263. The first-order chi connectivity index (χ1) is 12.5. The van der Waals surface area contributed by atoms with Gasteiger partial charge in [-0.05, 0) is 36.2 Å². The molecular formula is C19H22N4O2S. The first kappa shape index (κ1) is 16.9. The summed E-state index contributed by atoms with van der Waals surface area (Å²) in [6.45, 7) is 2.92. The smallest absolute Gasteiger partial charge is 0.261 e. The van der Waals surface area contributed by atoms with E-state index in [-0.39, 0.29) is 10.9 Å². The molecule has 0 amide bonds. The van der Waals surface area contributed by atoms with Crippen LogP contribution in [0.4, 0.5) is 11.4 Å². The number of para-hydroxylation sites is 1. The lowest BCUT2D eigenvalue weighted by Gasteiger charge is -2.35. The molecule has 6 nitrogen and oxygen atoms in total. The molecular weight excluding hydrogens is 348 g/mol. The largest absolute Gasteiger partial charge is 0.398 e. The second kappa shape index (κ2) is 6.66. The van der Waals surface area contributed by atoms with Gasteiger partial charge in [-0.3, -0.25) is 4.72 Å². The Labute approximate surface area is 153 Å². The molecule has 1 atom stereocenters. The summed E-state index contributed by atoms with van der Waals surface area (Å²) < 4.78 is 27.8. The van der Waals surface area contributed by atoms with Crippen molar-refractivity contribution >= 4 is 21.4 Å². The van der Waals surface area contributed by atoms with Gasteiger partial charge in [0.25, 0.3) is 10.0 Å². The highest BCUT2D eigenvalue weighted by molar-refractivity contribution is 7.92. The number of nitrogen functional groups attached to an aromatic ring is 1. The molecule has 0 saturated carbocycles. The Kier molecular flexibility index (Phi) is 4.34. The first-order valence-corrected chi connectivity index (χ1v) is 10.2. The average Bonchev–Trinajstić information content (AvgIpc) is 3.11. The maximum absolute atomic E-state index is 12.6. The third kappa shape index (κ3) is 3.15. The molecule has 2 aliphatic rings. The van der Waals surface area contributed by atoms with Crippen molar-refractivity contribution in [1.82, 2.24) is 10.2 Å². The van der Waals surface area contributed by atoms with Crippen LogP contribution in [-0.2, 0) is 10.0 Å². The highest BCUT2D eigenvalue weighted by Crippen LogP contribution is 2.35. The summed E-state index contributed by atoms with van der Waals surface area (Å²) in [5.41, 5.74) is 9.41. The van der Waals surface area contributed by atoms with Gasteiger partial charge in [-0.2, -0.15) is 0 Å². The van der Waals surface area contributed by atoms with Crippen LogP contribution in [0.2, 0.25) is 0 Å². The monoisotopic (exact) mass is 370 g/mol. The summed E-state index contributed by atoms with van der Waals surface area (Å²) in [5.74, 6) is 0. The van der Waals surface area contributed by atoms with Gasteiger partial charge in [0.1, 0.15) is 0 Å². The summed E-state index contributed by atoms with van der Waals surface area (Å²) >= 11 is 0. The van der Waals surface area contributed by atoms with Gasteiger partial charge in [-0.1, -0.05) is 30.3 Å². The van der Waals surface area contributed by atoms with Crippen LogP contribution in [0.3, 0.4) is 0 Å². The van der Waals surface area contributed by atoms with Crippen LogP contribution >= 0.6 is 0 Å². The van der Waals surface area contributed by atoms with E-state index in [4.69, 9.17) is 5.73 Å². The molecule has 4 N–H and O–H groups in total. The minimum atomic E-state index is -3.68. The van der Waals surface area contributed by atoms with Gasteiger partial charge in [-0.25, -0.2) is 8.42 Å². The zero-order chi connectivity index (χ0) is 18.1. The second-order valence-electron chi connectivity index (χ2n) is 6.55. The SMILES string of the molecule is Nc1cc(S(=O)(=O)Nc2ccccc2)ccc1C1NCCN2CCC=C12. The number of rotatable bonds is 4. The molecule has 136 valence electrons. The van der Waals surface area contributed by atoms with Gasteiger partial charge in [-0.15, -0.1) is 0 Å². The van der Waals surface area contributed by atoms with Crippen LogP contribution in [0, 0.1) is 0 Å². The number of sulfonamides is 1. The van der Waals surface area contributed by atoms with Crippen molar-refractivity contribution in [1.29, 1.82) is 0 Å². The minimum Gasteiger partial charge on any atom is -0.398 e. The van der Waals surface area contributed by atoms with E-state index in [1.807, 2.05) is 12.1 Å². The van der Waals surface area contributed by atoms with Crippen molar-refractivity contribution in [2.45, 2.75) is 17.4 Å². The molecule has 2 aliphatic heterocycles. The van der Waals surface area contributed by atoms with Crippen molar-refractivity contribution in [2.75, 3.05) is 30.1 Å². The molecule has 0 aromatic heterocycles. The van der Waals surface area contributed by atoms with Crippen LogP contribution in [0.5, 0.6) is 0 Å². The molecule has 2 aromatic rings. The van der Waals surface area contributed by atoms with Crippen LogP contribution in [0.1, 0.15) is 18.0 Å². The molecule has 1 unspecified atom stereocenters. The lowest BCUT2D eigenvalue weighted by molar-refractivity contribution is 0.290. The van der Waals surface area contributed by atoms with E-state index in [1.165, 1.54) is 11.8 Å². The van der Waals surface area contributed by atoms with E-state index in [1.54, 1.807) is 30.3 Å². The van der Waals surface area contributed by atoms with E-state index in [2.05, 4.69) is 21.0 Å². The number of piperazine rings is 1. The van der Waals surface area contributed by atoms with Crippen LogP contribution in [0.25, 0.3) is 0 Å². The molecule has 0 spiro atoms. The predicted molar refractivity (Wildman–Crippen MR) is 103 cm³/mol. The molecule has 0 radical (unpaired) electrons. The quantitative estimate of drug-likeness (QED) is 0.719. The van der Waals surface area contributed by atoms with Gasteiger partial charge in [0, 0.05) is 36.7 Å². The van der Waals surface area contributed by atoms with Gasteiger partial charge >= 0.3 is 0 Å². The van der Waals surface area contributed by atoms with Crippen molar-refractivity contribution in [3.8, 4) is 0 Å². The first-order valence-electron chi connectivity index (χ1n) is 8.70. The van der Waals surface area contributed by atoms with Gasteiger partial charge < -0.3 is 16.0 Å². The highest BCUT2D eigenvalue weighted by atomic mass is 32.2. The molecule has 2 heterocycles. The molecule has 1 fully saturated rings. The van der Waals surface area contributed by atoms with Crippen LogP contribution < -0.4 is 15.8 Å². The summed E-state index contributed by atoms with van der Waals surface area (Å²) in [6, 6.07) is 13.8. The van der Waals surface area contributed by atoms with Gasteiger partial charge in [0.05, 0.1) is 10.9 Å². The Morgan fingerprint density at radius 1 is 1.12 bits per heavy atom. The Hall–Kier alpha value is -2.51. The Bertz CT molecular complexity index is 941. The zero-order valence-electron chi connectivity index (χ0n) is 14.4. The van der Waals surface area contributed by atoms with E-state index in [0.29, 0.717) is 11.4 Å². The highest BCUT2D eigenvalue weighted by Gasteiger charge is 2.30. The molecule has 0 aliphatic carbocycles. The van der Waals surface area contributed by atoms with Gasteiger partial charge in [0.15, 0.2) is 0 Å². The number of anilines is 2. The zero-order valence-corrected chi connectivity index (χ0v) is 15.2. The van der Waals surface area contributed by atoms with Crippen LogP contribution in [0.15, 0.2) is 65.2 Å². The van der Waals surface area contributed by atoms with Crippen LogP contribution in [-0.4, -0.2) is 33.0 Å². The van der Waals surface area contributed by atoms with E-state index in [0.717, 1.165) is 31.6 Å². The lowest BCUT2D eigenvalue weighted by Crippen LogP contribution is -2.42. The fourth-order valence-corrected chi connectivity index (χ4v) is 4.68. The maximum Gasteiger partial charge on any atom is 0.261 e. The van der Waals surface area contributed by atoms with Crippen molar-refractivity contribution in [3.63, 3.8) is 0 Å². The standard InChI is InChI=1S/C19H22N4O2S/c20-17-13-15(26(24,25)22-14-5-2-1-3-6-14)8-9-16(17)19-18-7-4-11-23(18)12-10-21-19/h1-3,5-9,13,19,21-22H,4,10-12,20H2. The molecule has 26 heavy (non-hydrogen) atoms. The molecule has 0 bridgehead atoms. The van der Waals surface area contributed by atoms with E-state index >= 15 is 0 Å². The fourth-order valence-electron chi connectivity index (χ4n) is 3.59. The Balaban J connectivity index is 1.62. The Morgan fingerprint density at radius 3 is 2.69 bits per heavy atom. The summed E-state index contributed by atoms with van der Waals surface area (Å²) in [4.78, 5) is 2.53. The molecule has 1 saturated heterocycles. The Morgan fingerprint density at radius 2 is 1.92 bits per heavy atom. The van der Waals surface area contributed by atoms with Crippen molar-refractivity contribution in [3.05, 3.63) is 65.9 Å². The second-order valence-corrected chi connectivity index (χ2v) is 8.24. The number of hydrogen-bond donors (Lipinski definition) is 3. The van der Waals surface area contributed by atoms with Gasteiger partial charge in [0.2, 0.25) is 0 Å². The molecule has 4 rings (SSSR count). The molecule has 7 heteroatoms. The third-order valence-corrected chi connectivity index (χ3v) is 6.23. The average molecular weight is 370 g/mol. The maximum atomic E-state index is 12.6. The number of nitrogens with two attached hydrogens (primary N) is 1. The number of benzene rings is 2.